The van der Waals surface area contributed by atoms with Gasteiger partial charge >= 0.3 is 5.97 Å². The number of rotatable bonds is 6. The van der Waals surface area contributed by atoms with Gasteiger partial charge in [0, 0.05) is 18.5 Å². The van der Waals surface area contributed by atoms with Crippen molar-refractivity contribution in [2.45, 2.75) is 52.5 Å². The van der Waals surface area contributed by atoms with Gasteiger partial charge in [-0.05, 0) is 18.8 Å². The molecule has 1 fully saturated rings. The zero-order valence-corrected chi connectivity index (χ0v) is 12.6. The number of carbonyl (C=O) groups is 1. The summed E-state index contributed by atoms with van der Waals surface area (Å²) in [5.74, 6) is 0.216. The Kier molecular flexibility index (Phi) is 4.26. The van der Waals surface area contributed by atoms with Crippen LogP contribution in [0.5, 0.6) is 0 Å². The molecule has 5 heteroatoms. The van der Waals surface area contributed by atoms with Gasteiger partial charge in [-0.2, -0.15) is 0 Å². The van der Waals surface area contributed by atoms with Crippen molar-refractivity contribution in [1.82, 2.24) is 9.97 Å². The first-order valence-electron chi connectivity index (χ1n) is 7.27. The highest BCUT2D eigenvalue weighted by molar-refractivity contribution is 5.92. The predicted molar refractivity (Wildman–Crippen MR) is 78.3 cm³/mol. The van der Waals surface area contributed by atoms with Crippen LogP contribution >= 0.6 is 0 Å². The topological polar surface area (TPSA) is 66.3 Å². The van der Waals surface area contributed by atoms with Crippen LogP contribution in [0.3, 0.4) is 0 Å². The van der Waals surface area contributed by atoms with Gasteiger partial charge < -0.3 is 10.0 Å². The van der Waals surface area contributed by atoms with Crippen LogP contribution in [-0.4, -0.2) is 33.6 Å². The Hall–Kier alpha value is -1.65. The highest BCUT2D eigenvalue weighted by Crippen LogP contribution is 2.33. The van der Waals surface area contributed by atoms with Crippen LogP contribution in [0.25, 0.3) is 0 Å². The van der Waals surface area contributed by atoms with Crippen LogP contribution in [0.1, 0.15) is 62.8 Å². The fourth-order valence-electron chi connectivity index (χ4n) is 2.26. The number of aromatic carboxylic acids is 1. The molecule has 0 spiro atoms. The lowest BCUT2D eigenvalue weighted by Gasteiger charge is -2.27. The number of hydrogen-bond donors (Lipinski definition) is 1. The van der Waals surface area contributed by atoms with E-state index >= 15 is 0 Å². The lowest BCUT2D eigenvalue weighted by Crippen LogP contribution is -2.32. The summed E-state index contributed by atoms with van der Waals surface area (Å²) in [5, 5.41) is 9.44. The van der Waals surface area contributed by atoms with Crippen LogP contribution < -0.4 is 4.90 Å². The fourth-order valence-corrected chi connectivity index (χ4v) is 2.26. The van der Waals surface area contributed by atoms with Gasteiger partial charge in [0.05, 0.1) is 11.9 Å². The molecule has 0 bridgehead atoms. The van der Waals surface area contributed by atoms with Crippen LogP contribution in [0.2, 0.25) is 0 Å². The summed E-state index contributed by atoms with van der Waals surface area (Å²) >= 11 is 0. The van der Waals surface area contributed by atoms with E-state index in [-0.39, 0.29) is 11.6 Å². The lowest BCUT2D eigenvalue weighted by molar-refractivity contribution is 0.0690. The fraction of sp³-hybridized carbons (Fsp3) is 0.667. The molecular weight excluding hydrogens is 254 g/mol. The second-order valence-corrected chi connectivity index (χ2v) is 6.20. The van der Waals surface area contributed by atoms with Gasteiger partial charge in [-0.25, -0.2) is 14.8 Å². The standard InChI is InChI=1S/C15H23N3O2/c1-9(2)8-18(11-5-6-11)12-7-16-14(10(3)4)17-13(12)15(19)20/h7,9-11H,5-6,8H2,1-4H3,(H,19,20). The molecule has 1 N–H and O–H groups in total. The van der Waals surface area contributed by atoms with E-state index in [2.05, 4.69) is 28.7 Å². The first kappa shape index (κ1) is 14.8. The van der Waals surface area contributed by atoms with Gasteiger partial charge in [-0.3, -0.25) is 0 Å². The molecule has 0 saturated heterocycles. The number of carboxylic acid groups (broad SMARTS) is 1. The normalized spacial score (nSPS) is 14.9. The molecule has 0 amide bonds. The predicted octanol–water partition coefficient (Wildman–Crippen LogP) is 2.92. The number of aromatic nitrogens is 2. The summed E-state index contributed by atoms with van der Waals surface area (Å²) in [6.45, 7) is 9.05. The summed E-state index contributed by atoms with van der Waals surface area (Å²) < 4.78 is 0. The molecule has 0 radical (unpaired) electrons. The smallest absolute Gasteiger partial charge is 0.356 e. The second kappa shape index (κ2) is 5.77. The van der Waals surface area contributed by atoms with Crippen molar-refractivity contribution in [3.63, 3.8) is 0 Å². The summed E-state index contributed by atoms with van der Waals surface area (Å²) in [6.07, 6.45) is 3.93. The SMILES string of the molecule is CC(C)CN(c1cnc(C(C)C)nc1C(=O)O)C1CC1. The van der Waals surface area contributed by atoms with Gasteiger partial charge in [0.1, 0.15) is 5.82 Å². The van der Waals surface area contributed by atoms with E-state index in [0.29, 0.717) is 23.5 Å². The molecular formula is C15H23N3O2. The van der Waals surface area contributed by atoms with Crippen LogP contribution in [0, 0.1) is 5.92 Å². The second-order valence-electron chi connectivity index (χ2n) is 6.20. The Labute approximate surface area is 120 Å². The molecule has 0 aliphatic heterocycles. The van der Waals surface area contributed by atoms with Gasteiger partial charge in [0.25, 0.3) is 0 Å². The lowest BCUT2D eigenvalue weighted by atomic mass is 10.1. The first-order chi connectivity index (χ1) is 9.40. The van der Waals surface area contributed by atoms with Crippen molar-refractivity contribution in [1.29, 1.82) is 0 Å². The van der Waals surface area contributed by atoms with Crippen molar-refractivity contribution >= 4 is 11.7 Å². The van der Waals surface area contributed by atoms with Crippen LogP contribution in [-0.2, 0) is 0 Å². The molecule has 110 valence electrons. The molecule has 0 atom stereocenters. The van der Waals surface area contributed by atoms with Gasteiger partial charge in [0.2, 0.25) is 0 Å². The Morgan fingerprint density at radius 1 is 1.40 bits per heavy atom. The van der Waals surface area contributed by atoms with E-state index in [1.165, 1.54) is 0 Å². The monoisotopic (exact) mass is 277 g/mol. The Morgan fingerprint density at radius 3 is 2.50 bits per heavy atom. The van der Waals surface area contributed by atoms with E-state index in [9.17, 15) is 9.90 Å². The molecule has 1 saturated carbocycles. The van der Waals surface area contributed by atoms with E-state index in [0.717, 1.165) is 19.4 Å². The maximum Gasteiger partial charge on any atom is 0.356 e. The number of anilines is 1. The molecule has 5 nitrogen and oxygen atoms in total. The summed E-state index contributed by atoms with van der Waals surface area (Å²) in [4.78, 5) is 22.3. The molecule has 1 aromatic rings. The molecule has 0 aromatic carbocycles. The Bertz CT molecular complexity index is 496. The summed E-state index contributed by atoms with van der Waals surface area (Å²) in [7, 11) is 0. The molecule has 20 heavy (non-hydrogen) atoms. The average Bonchev–Trinajstić information content (AvgIpc) is 3.19. The minimum Gasteiger partial charge on any atom is -0.476 e. The summed E-state index contributed by atoms with van der Waals surface area (Å²) in [5.41, 5.74) is 0.800. The zero-order chi connectivity index (χ0) is 14.9. The quantitative estimate of drug-likeness (QED) is 0.866. The van der Waals surface area contributed by atoms with E-state index in [1.807, 2.05) is 13.8 Å². The van der Waals surface area contributed by atoms with Crippen LogP contribution in [0.4, 0.5) is 5.69 Å². The third kappa shape index (κ3) is 3.26. The summed E-state index contributed by atoms with van der Waals surface area (Å²) in [6, 6.07) is 0.448. The van der Waals surface area contributed by atoms with Crippen molar-refractivity contribution < 1.29 is 9.90 Å². The maximum absolute atomic E-state index is 11.5. The van der Waals surface area contributed by atoms with Crippen molar-refractivity contribution in [3.8, 4) is 0 Å². The third-order valence-corrected chi connectivity index (χ3v) is 3.37. The van der Waals surface area contributed by atoms with Gasteiger partial charge in [-0.15, -0.1) is 0 Å². The third-order valence-electron chi connectivity index (χ3n) is 3.37. The average molecular weight is 277 g/mol. The Morgan fingerprint density at radius 2 is 2.05 bits per heavy atom. The van der Waals surface area contributed by atoms with Crippen LogP contribution in [0.15, 0.2) is 6.20 Å². The van der Waals surface area contributed by atoms with Crippen molar-refractivity contribution in [3.05, 3.63) is 17.7 Å². The minimum atomic E-state index is -0.973. The van der Waals surface area contributed by atoms with E-state index in [4.69, 9.17) is 0 Å². The minimum absolute atomic E-state index is 0.127. The molecule has 1 aliphatic carbocycles. The molecule has 0 unspecified atom stereocenters. The Balaban J connectivity index is 2.40. The molecule has 1 aromatic heterocycles. The van der Waals surface area contributed by atoms with E-state index in [1.54, 1.807) is 6.20 Å². The van der Waals surface area contributed by atoms with Crippen molar-refractivity contribution in [2.75, 3.05) is 11.4 Å². The highest BCUT2D eigenvalue weighted by Gasteiger charge is 2.32. The van der Waals surface area contributed by atoms with Gasteiger partial charge in [0.15, 0.2) is 5.69 Å². The van der Waals surface area contributed by atoms with E-state index < -0.39 is 5.97 Å². The highest BCUT2D eigenvalue weighted by atomic mass is 16.4. The molecule has 1 heterocycles. The molecule has 1 aliphatic rings. The maximum atomic E-state index is 11.5. The molecule has 2 rings (SSSR count). The largest absolute Gasteiger partial charge is 0.476 e. The number of carboxylic acids is 1. The first-order valence-corrected chi connectivity index (χ1v) is 7.27. The van der Waals surface area contributed by atoms with Crippen molar-refractivity contribution in [2.24, 2.45) is 5.92 Å². The number of nitrogens with zero attached hydrogens (tertiary/aromatic N) is 3. The van der Waals surface area contributed by atoms with Gasteiger partial charge in [-0.1, -0.05) is 27.7 Å². The zero-order valence-electron chi connectivity index (χ0n) is 12.6. The number of hydrogen-bond acceptors (Lipinski definition) is 4.